The van der Waals surface area contributed by atoms with E-state index in [0.29, 0.717) is 19.4 Å². The molecule has 2 heterocycles. The lowest BCUT2D eigenvalue weighted by atomic mass is 9.84. The first kappa shape index (κ1) is 16.5. The minimum absolute atomic E-state index is 0.104. The Balaban J connectivity index is 2.04. The van der Waals surface area contributed by atoms with Crippen molar-refractivity contribution in [2.45, 2.75) is 45.3 Å². The lowest BCUT2D eigenvalue weighted by Gasteiger charge is -2.39. The van der Waals surface area contributed by atoms with E-state index in [1.54, 1.807) is 6.20 Å². The second-order valence-electron chi connectivity index (χ2n) is 6.78. The van der Waals surface area contributed by atoms with Crippen LogP contribution in [0.1, 0.15) is 32.4 Å². The van der Waals surface area contributed by atoms with Crippen LogP contribution in [0.5, 0.6) is 0 Å². The van der Waals surface area contributed by atoms with Crippen LogP contribution in [-0.2, 0) is 0 Å². The van der Waals surface area contributed by atoms with Crippen molar-refractivity contribution in [3.05, 3.63) is 24.0 Å². The number of alkyl halides is 1. The molecule has 0 bridgehead atoms. The second-order valence-corrected chi connectivity index (χ2v) is 6.78. The highest BCUT2D eigenvalue weighted by molar-refractivity contribution is 5.65. The maximum absolute atomic E-state index is 14.1. The van der Waals surface area contributed by atoms with Gasteiger partial charge in [0.2, 0.25) is 0 Å². The average molecular weight is 309 g/mol. The van der Waals surface area contributed by atoms with Crippen molar-refractivity contribution >= 4 is 11.8 Å². The standard InChI is InChI=1S/C16H24FN3O2/c1-11-4-5-14(8-18-11)20-9-12(6-13(17)10-20)7-16(2,3)19-15(21)22/h4-5,8,12-13,19H,6-7,9-10H2,1-3H3,(H,21,22)/t12-,13+/m1/s1. The van der Waals surface area contributed by atoms with Crippen LogP contribution in [0.15, 0.2) is 18.3 Å². The van der Waals surface area contributed by atoms with Crippen molar-refractivity contribution in [3.8, 4) is 0 Å². The summed E-state index contributed by atoms with van der Waals surface area (Å²) in [5.41, 5.74) is 1.29. The van der Waals surface area contributed by atoms with Crippen molar-refractivity contribution in [2.75, 3.05) is 18.0 Å². The Morgan fingerprint density at radius 1 is 1.50 bits per heavy atom. The van der Waals surface area contributed by atoms with Crippen LogP contribution in [-0.4, -0.2) is 41.0 Å². The number of anilines is 1. The highest BCUT2D eigenvalue weighted by atomic mass is 19.1. The first-order chi connectivity index (χ1) is 10.2. The zero-order valence-corrected chi connectivity index (χ0v) is 13.3. The van der Waals surface area contributed by atoms with Crippen LogP contribution in [0.2, 0.25) is 0 Å². The van der Waals surface area contributed by atoms with Gasteiger partial charge in [-0.15, -0.1) is 0 Å². The van der Waals surface area contributed by atoms with Crippen molar-refractivity contribution in [1.82, 2.24) is 10.3 Å². The molecule has 1 fully saturated rings. The van der Waals surface area contributed by atoms with Gasteiger partial charge in [-0.3, -0.25) is 4.98 Å². The van der Waals surface area contributed by atoms with E-state index >= 15 is 0 Å². The zero-order chi connectivity index (χ0) is 16.3. The van der Waals surface area contributed by atoms with Gasteiger partial charge in [-0.2, -0.15) is 0 Å². The van der Waals surface area contributed by atoms with Gasteiger partial charge in [0.1, 0.15) is 6.17 Å². The summed E-state index contributed by atoms with van der Waals surface area (Å²) < 4.78 is 14.1. The van der Waals surface area contributed by atoms with Crippen LogP contribution < -0.4 is 10.2 Å². The molecular weight excluding hydrogens is 285 g/mol. The van der Waals surface area contributed by atoms with E-state index in [9.17, 15) is 9.18 Å². The van der Waals surface area contributed by atoms with Gasteiger partial charge >= 0.3 is 6.09 Å². The molecule has 5 nitrogen and oxygen atoms in total. The van der Waals surface area contributed by atoms with E-state index in [4.69, 9.17) is 5.11 Å². The Kier molecular flexibility index (Phi) is 4.88. The number of hydrogen-bond acceptors (Lipinski definition) is 3. The Morgan fingerprint density at radius 3 is 2.82 bits per heavy atom. The Bertz CT molecular complexity index is 519. The summed E-state index contributed by atoms with van der Waals surface area (Å²) in [6, 6.07) is 3.88. The third-order valence-corrected chi connectivity index (χ3v) is 3.99. The summed E-state index contributed by atoms with van der Waals surface area (Å²) in [7, 11) is 0. The predicted molar refractivity (Wildman–Crippen MR) is 84.0 cm³/mol. The fourth-order valence-corrected chi connectivity index (χ4v) is 3.20. The largest absolute Gasteiger partial charge is 0.465 e. The molecule has 1 aliphatic rings. The van der Waals surface area contributed by atoms with Crippen LogP contribution in [0.25, 0.3) is 0 Å². The van der Waals surface area contributed by atoms with Gasteiger partial charge < -0.3 is 15.3 Å². The number of aryl methyl sites for hydroxylation is 1. The quantitative estimate of drug-likeness (QED) is 0.897. The molecule has 2 rings (SSSR count). The number of hydrogen-bond donors (Lipinski definition) is 2. The van der Waals surface area contributed by atoms with Crippen molar-refractivity contribution in [1.29, 1.82) is 0 Å². The van der Waals surface area contributed by atoms with Gasteiger partial charge in [-0.1, -0.05) is 0 Å². The number of amides is 1. The Morgan fingerprint density at radius 2 is 2.23 bits per heavy atom. The van der Waals surface area contributed by atoms with Crippen molar-refractivity contribution in [3.63, 3.8) is 0 Å². The number of aromatic nitrogens is 1. The summed E-state index contributed by atoms with van der Waals surface area (Å²) in [5.74, 6) is 0.104. The number of carbonyl (C=O) groups is 1. The van der Waals surface area contributed by atoms with E-state index in [-0.39, 0.29) is 5.92 Å². The molecule has 2 N–H and O–H groups in total. The van der Waals surface area contributed by atoms with Crippen LogP contribution in [0.4, 0.5) is 14.9 Å². The fourth-order valence-electron chi connectivity index (χ4n) is 3.20. The Labute approximate surface area is 130 Å². The number of nitrogens with one attached hydrogen (secondary N) is 1. The average Bonchev–Trinajstić information content (AvgIpc) is 2.36. The minimum Gasteiger partial charge on any atom is -0.465 e. The lowest BCUT2D eigenvalue weighted by molar-refractivity contribution is 0.166. The molecule has 0 radical (unpaired) electrons. The molecule has 0 aliphatic carbocycles. The first-order valence-corrected chi connectivity index (χ1v) is 7.58. The smallest absolute Gasteiger partial charge is 0.405 e. The molecule has 1 amide bonds. The summed E-state index contributed by atoms with van der Waals surface area (Å²) >= 11 is 0. The molecule has 1 aromatic rings. The summed E-state index contributed by atoms with van der Waals surface area (Å²) in [5, 5.41) is 11.4. The van der Waals surface area contributed by atoms with E-state index in [2.05, 4.69) is 10.3 Å². The summed E-state index contributed by atoms with van der Waals surface area (Å²) in [6.45, 7) is 6.67. The summed E-state index contributed by atoms with van der Waals surface area (Å²) in [4.78, 5) is 17.1. The van der Waals surface area contributed by atoms with Gasteiger partial charge in [0.25, 0.3) is 0 Å². The third-order valence-electron chi connectivity index (χ3n) is 3.99. The number of halogens is 1. The van der Waals surface area contributed by atoms with Gasteiger partial charge in [0, 0.05) is 24.3 Å². The number of nitrogens with zero attached hydrogens (tertiary/aromatic N) is 2. The second kappa shape index (κ2) is 6.50. The molecular formula is C16H24FN3O2. The van der Waals surface area contributed by atoms with Gasteiger partial charge in [-0.25, -0.2) is 9.18 Å². The highest BCUT2D eigenvalue weighted by Gasteiger charge is 2.32. The highest BCUT2D eigenvalue weighted by Crippen LogP contribution is 2.29. The molecule has 0 unspecified atom stereocenters. The topological polar surface area (TPSA) is 65.5 Å². The number of rotatable bonds is 4. The summed E-state index contributed by atoms with van der Waals surface area (Å²) in [6.07, 6.45) is 0.902. The predicted octanol–water partition coefficient (Wildman–Crippen LogP) is 2.99. The maximum atomic E-state index is 14.1. The fraction of sp³-hybridized carbons (Fsp3) is 0.625. The molecule has 2 atom stereocenters. The van der Waals surface area contributed by atoms with Gasteiger partial charge in [-0.05, 0) is 51.7 Å². The van der Waals surface area contributed by atoms with Crippen LogP contribution in [0, 0.1) is 12.8 Å². The van der Waals surface area contributed by atoms with E-state index in [0.717, 1.165) is 17.9 Å². The number of piperidine rings is 1. The molecule has 1 aliphatic heterocycles. The van der Waals surface area contributed by atoms with Crippen LogP contribution in [0.3, 0.4) is 0 Å². The third kappa shape index (κ3) is 4.58. The van der Waals surface area contributed by atoms with Crippen LogP contribution >= 0.6 is 0 Å². The van der Waals surface area contributed by atoms with Crippen molar-refractivity contribution < 1.29 is 14.3 Å². The SMILES string of the molecule is Cc1ccc(N2C[C@@H](F)C[C@H](CC(C)(C)NC(=O)O)C2)cn1. The van der Waals surface area contributed by atoms with Crippen molar-refractivity contribution in [2.24, 2.45) is 5.92 Å². The number of carboxylic acid groups (broad SMARTS) is 1. The van der Waals surface area contributed by atoms with Gasteiger partial charge in [0.05, 0.1) is 11.9 Å². The lowest BCUT2D eigenvalue weighted by Crippen LogP contribution is -2.48. The molecule has 22 heavy (non-hydrogen) atoms. The first-order valence-electron chi connectivity index (χ1n) is 7.58. The minimum atomic E-state index is -1.04. The monoisotopic (exact) mass is 309 g/mol. The molecule has 6 heteroatoms. The normalized spacial score (nSPS) is 22.5. The van der Waals surface area contributed by atoms with Gasteiger partial charge in [0.15, 0.2) is 0 Å². The number of pyridine rings is 1. The van der Waals surface area contributed by atoms with E-state index in [1.165, 1.54) is 0 Å². The molecule has 1 saturated heterocycles. The molecule has 0 saturated carbocycles. The maximum Gasteiger partial charge on any atom is 0.405 e. The molecule has 0 aromatic carbocycles. The molecule has 122 valence electrons. The van der Waals surface area contributed by atoms with E-state index < -0.39 is 17.8 Å². The molecule has 0 spiro atoms. The Hall–Kier alpha value is -1.85. The molecule has 1 aromatic heterocycles. The van der Waals surface area contributed by atoms with E-state index in [1.807, 2.05) is 37.8 Å². The zero-order valence-electron chi connectivity index (χ0n) is 13.3.